The van der Waals surface area contributed by atoms with Crippen LogP contribution in [0, 0.1) is 0 Å². The average Bonchev–Trinajstić information content (AvgIpc) is 3.03. The minimum Gasteiger partial charge on any atom is -0.482 e. The number of hydrogen-bond acceptors (Lipinski definition) is 5. The van der Waals surface area contributed by atoms with E-state index in [1.54, 1.807) is 29.8 Å². The number of amides is 1. The van der Waals surface area contributed by atoms with E-state index in [-0.39, 0.29) is 18.3 Å². The highest BCUT2D eigenvalue weighted by Crippen LogP contribution is 2.29. The van der Waals surface area contributed by atoms with Crippen molar-refractivity contribution in [1.82, 2.24) is 4.57 Å². The van der Waals surface area contributed by atoms with Gasteiger partial charge in [-0.3, -0.25) is 9.59 Å². The number of benzene rings is 2. The highest BCUT2D eigenvalue weighted by molar-refractivity contribution is 6.04. The van der Waals surface area contributed by atoms with E-state index < -0.39 is 12.1 Å². The van der Waals surface area contributed by atoms with Crippen LogP contribution in [0.1, 0.15) is 27.8 Å². The summed E-state index contributed by atoms with van der Waals surface area (Å²) in [5, 5.41) is 3.57. The van der Waals surface area contributed by atoms with Gasteiger partial charge in [0.05, 0.1) is 5.69 Å². The standard InChI is InChI=1S/C21H18N2O5/c1-12(20(25)14-7-8-18-15(9-14)22-19(24)11-27-18)28-21(26)17-10-13-5-3-4-6-16(13)23(17)2/h3-10,12H,11H2,1-2H3,(H,22,24)/t12-/m1/s1. The van der Waals surface area contributed by atoms with Crippen LogP contribution in [-0.4, -0.2) is 34.9 Å². The van der Waals surface area contributed by atoms with E-state index in [9.17, 15) is 14.4 Å². The first-order chi connectivity index (χ1) is 13.4. The molecule has 0 aliphatic carbocycles. The lowest BCUT2D eigenvalue weighted by molar-refractivity contribution is -0.118. The second-order valence-electron chi connectivity index (χ2n) is 6.61. The van der Waals surface area contributed by atoms with E-state index in [1.807, 2.05) is 24.3 Å². The molecule has 0 saturated heterocycles. The number of ketones is 1. The summed E-state index contributed by atoms with van der Waals surface area (Å²) in [6.45, 7) is 1.47. The van der Waals surface area contributed by atoms with Gasteiger partial charge in [-0.05, 0) is 37.3 Å². The van der Waals surface area contributed by atoms with Crippen LogP contribution in [-0.2, 0) is 16.6 Å². The average molecular weight is 378 g/mol. The molecule has 1 atom stereocenters. The number of Topliss-reactive ketones (excluding diaryl/α,β-unsaturated/α-hetero) is 1. The predicted molar refractivity (Wildman–Crippen MR) is 103 cm³/mol. The Morgan fingerprint density at radius 2 is 1.96 bits per heavy atom. The molecule has 1 N–H and O–H groups in total. The molecule has 28 heavy (non-hydrogen) atoms. The van der Waals surface area contributed by atoms with Crippen LogP contribution in [0.15, 0.2) is 48.5 Å². The van der Waals surface area contributed by atoms with Crippen LogP contribution in [0.25, 0.3) is 10.9 Å². The first-order valence-corrected chi connectivity index (χ1v) is 8.80. The quantitative estimate of drug-likeness (QED) is 0.557. The van der Waals surface area contributed by atoms with Gasteiger partial charge in [0.2, 0.25) is 5.78 Å². The molecule has 7 heteroatoms. The van der Waals surface area contributed by atoms with Crippen LogP contribution in [0.3, 0.4) is 0 Å². The molecule has 0 fully saturated rings. The summed E-state index contributed by atoms with van der Waals surface area (Å²) in [5.41, 5.74) is 2.02. The van der Waals surface area contributed by atoms with Gasteiger partial charge in [-0.25, -0.2) is 4.79 Å². The van der Waals surface area contributed by atoms with Crippen LogP contribution >= 0.6 is 0 Å². The summed E-state index contributed by atoms with van der Waals surface area (Å²) in [6, 6.07) is 14.1. The van der Waals surface area contributed by atoms with Gasteiger partial charge < -0.3 is 19.4 Å². The molecule has 1 aromatic heterocycles. The summed E-state index contributed by atoms with van der Waals surface area (Å²) < 4.78 is 12.4. The number of ether oxygens (including phenoxy) is 2. The van der Waals surface area contributed by atoms with Crippen LogP contribution in [0.4, 0.5) is 5.69 Å². The molecule has 0 bridgehead atoms. The molecule has 7 nitrogen and oxygen atoms in total. The van der Waals surface area contributed by atoms with Gasteiger partial charge in [0.15, 0.2) is 12.7 Å². The van der Waals surface area contributed by atoms with Crippen molar-refractivity contribution in [3.63, 3.8) is 0 Å². The predicted octanol–water partition coefficient (Wildman–Crippen LogP) is 2.94. The Morgan fingerprint density at radius 1 is 1.18 bits per heavy atom. The number of aromatic nitrogens is 1. The normalized spacial score (nSPS) is 14.0. The van der Waals surface area contributed by atoms with E-state index in [1.165, 1.54) is 13.0 Å². The fourth-order valence-electron chi connectivity index (χ4n) is 3.23. The Hall–Kier alpha value is -3.61. The number of para-hydroxylation sites is 1. The Kier molecular flexibility index (Phi) is 4.35. The van der Waals surface area contributed by atoms with Crippen molar-refractivity contribution >= 4 is 34.3 Å². The number of esters is 1. The zero-order chi connectivity index (χ0) is 19.8. The third kappa shape index (κ3) is 3.11. The summed E-state index contributed by atoms with van der Waals surface area (Å²) in [6.07, 6.45) is -0.983. The number of aryl methyl sites for hydroxylation is 1. The highest BCUT2D eigenvalue weighted by atomic mass is 16.5. The van der Waals surface area contributed by atoms with Gasteiger partial charge in [0, 0.05) is 23.5 Å². The first-order valence-electron chi connectivity index (χ1n) is 8.80. The smallest absolute Gasteiger partial charge is 0.355 e. The first kappa shape index (κ1) is 17.8. The van der Waals surface area contributed by atoms with Crippen LogP contribution in [0.2, 0.25) is 0 Å². The zero-order valence-corrected chi connectivity index (χ0v) is 15.4. The van der Waals surface area contributed by atoms with Gasteiger partial charge in [-0.1, -0.05) is 18.2 Å². The van der Waals surface area contributed by atoms with E-state index in [2.05, 4.69) is 5.32 Å². The lowest BCUT2D eigenvalue weighted by atomic mass is 10.1. The van der Waals surface area contributed by atoms with Gasteiger partial charge in [0.25, 0.3) is 5.91 Å². The number of rotatable bonds is 4. The molecule has 3 aromatic rings. The molecular formula is C21H18N2O5. The summed E-state index contributed by atoms with van der Waals surface area (Å²) >= 11 is 0. The van der Waals surface area contributed by atoms with Crippen molar-refractivity contribution in [3.05, 3.63) is 59.8 Å². The summed E-state index contributed by atoms with van der Waals surface area (Å²) in [5.74, 6) is -0.729. The second kappa shape index (κ2) is 6.84. The minimum absolute atomic E-state index is 0.0562. The molecular weight excluding hydrogens is 360 g/mol. The van der Waals surface area contributed by atoms with Crippen molar-refractivity contribution in [3.8, 4) is 5.75 Å². The SMILES string of the molecule is C[C@@H](OC(=O)c1cc2ccccc2n1C)C(=O)c1ccc2c(c1)NC(=O)CO2. The Bertz CT molecular complexity index is 1120. The number of hydrogen-bond donors (Lipinski definition) is 1. The molecule has 1 aliphatic heterocycles. The van der Waals surface area contributed by atoms with Crippen molar-refractivity contribution < 1.29 is 23.9 Å². The van der Waals surface area contributed by atoms with Crippen LogP contribution in [0.5, 0.6) is 5.75 Å². The Morgan fingerprint density at radius 3 is 2.75 bits per heavy atom. The largest absolute Gasteiger partial charge is 0.482 e. The molecule has 0 spiro atoms. The van der Waals surface area contributed by atoms with Gasteiger partial charge in [-0.2, -0.15) is 0 Å². The van der Waals surface area contributed by atoms with Crippen molar-refractivity contribution in [2.45, 2.75) is 13.0 Å². The molecule has 2 aromatic carbocycles. The van der Waals surface area contributed by atoms with Gasteiger partial charge >= 0.3 is 5.97 Å². The maximum Gasteiger partial charge on any atom is 0.355 e. The van der Waals surface area contributed by atoms with E-state index >= 15 is 0 Å². The molecule has 0 radical (unpaired) electrons. The second-order valence-corrected chi connectivity index (χ2v) is 6.61. The van der Waals surface area contributed by atoms with E-state index in [0.29, 0.717) is 22.7 Å². The molecule has 142 valence electrons. The zero-order valence-electron chi connectivity index (χ0n) is 15.4. The fraction of sp³-hybridized carbons (Fsp3) is 0.190. The summed E-state index contributed by atoms with van der Waals surface area (Å²) in [7, 11) is 1.78. The Labute approximate surface area is 160 Å². The molecule has 0 unspecified atom stereocenters. The monoisotopic (exact) mass is 378 g/mol. The van der Waals surface area contributed by atoms with Crippen LogP contribution < -0.4 is 10.1 Å². The minimum atomic E-state index is -0.983. The number of nitrogens with one attached hydrogen (secondary N) is 1. The van der Waals surface area contributed by atoms with E-state index in [4.69, 9.17) is 9.47 Å². The Balaban J connectivity index is 1.53. The molecule has 2 heterocycles. The maximum absolute atomic E-state index is 12.7. The number of nitrogens with zero attached hydrogens (tertiary/aromatic N) is 1. The molecule has 1 amide bonds. The number of carbonyl (C=O) groups excluding carboxylic acids is 3. The fourth-order valence-corrected chi connectivity index (χ4v) is 3.23. The maximum atomic E-state index is 12.7. The van der Waals surface area contributed by atoms with E-state index in [0.717, 1.165) is 10.9 Å². The van der Waals surface area contributed by atoms with Gasteiger partial charge in [-0.15, -0.1) is 0 Å². The van der Waals surface area contributed by atoms with Crippen molar-refractivity contribution in [1.29, 1.82) is 0 Å². The van der Waals surface area contributed by atoms with Gasteiger partial charge in [0.1, 0.15) is 11.4 Å². The highest BCUT2D eigenvalue weighted by Gasteiger charge is 2.24. The summed E-state index contributed by atoms with van der Waals surface area (Å²) in [4.78, 5) is 36.7. The lowest BCUT2D eigenvalue weighted by Crippen LogP contribution is -2.27. The van der Waals surface area contributed by atoms with Crippen molar-refractivity contribution in [2.75, 3.05) is 11.9 Å². The number of carbonyl (C=O) groups is 3. The molecule has 4 rings (SSSR count). The van der Waals surface area contributed by atoms with Crippen molar-refractivity contribution in [2.24, 2.45) is 7.05 Å². The topological polar surface area (TPSA) is 86.6 Å². The molecule has 0 saturated carbocycles. The third-order valence-electron chi connectivity index (χ3n) is 4.71. The third-order valence-corrected chi connectivity index (χ3v) is 4.71. The number of anilines is 1. The lowest BCUT2D eigenvalue weighted by Gasteiger charge is -2.19. The molecule has 1 aliphatic rings. The number of fused-ring (bicyclic) bond motifs is 2.